The quantitative estimate of drug-likeness (QED) is 0.551. The Balaban J connectivity index is 3.18. The summed E-state index contributed by atoms with van der Waals surface area (Å²) in [5.41, 5.74) is 0.457. The van der Waals surface area contributed by atoms with Crippen molar-refractivity contribution in [3.63, 3.8) is 0 Å². The van der Waals surface area contributed by atoms with E-state index in [2.05, 4.69) is 26.8 Å². The van der Waals surface area contributed by atoms with Gasteiger partial charge in [-0.3, -0.25) is 0 Å². The maximum absolute atomic E-state index is 11.3. The number of unbranched alkanes of at least 4 members (excludes halogenated alkanes) is 3. The van der Waals surface area contributed by atoms with Crippen molar-refractivity contribution >= 4 is 19.2 Å². The lowest BCUT2D eigenvalue weighted by molar-refractivity contribution is 0.0697. The summed E-state index contributed by atoms with van der Waals surface area (Å²) >= 11 is 0. The van der Waals surface area contributed by atoms with Crippen LogP contribution < -0.4 is 5.19 Å². The highest BCUT2D eigenvalue weighted by Crippen LogP contribution is 2.28. The minimum absolute atomic E-state index is 0.457. The summed E-state index contributed by atoms with van der Waals surface area (Å²) in [5, 5.41) is 10.7. The van der Waals surface area contributed by atoms with E-state index in [4.69, 9.17) is 0 Å². The van der Waals surface area contributed by atoms with Crippen LogP contribution in [0.3, 0.4) is 0 Å². The van der Waals surface area contributed by atoms with Crippen LogP contribution in [0, 0.1) is 0 Å². The summed E-state index contributed by atoms with van der Waals surface area (Å²) in [6.45, 7) is 6.77. The standard InChI is InChI=1S/C19H32O2Si/c1-4-7-13-22(14-8-5-2,15-9-6-3)18-12-10-11-17(16-18)19(20)21/h10-12,16H,4-9,13-15H2,1-3H3,(H,20,21). The molecule has 0 atom stereocenters. The van der Waals surface area contributed by atoms with E-state index in [-0.39, 0.29) is 0 Å². The lowest BCUT2D eigenvalue weighted by Crippen LogP contribution is -2.47. The van der Waals surface area contributed by atoms with Gasteiger partial charge in [0.1, 0.15) is 0 Å². The number of carboxylic acid groups (broad SMARTS) is 1. The molecule has 0 bridgehead atoms. The van der Waals surface area contributed by atoms with Crippen LogP contribution in [0.1, 0.15) is 69.7 Å². The fourth-order valence-electron chi connectivity index (χ4n) is 3.34. The third-order valence-electron chi connectivity index (χ3n) is 4.75. The van der Waals surface area contributed by atoms with E-state index < -0.39 is 14.0 Å². The molecule has 3 heteroatoms. The van der Waals surface area contributed by atoms with Crippen molar-refractivity contribution in [3.8, 4) is 0 Å². The first-order valence-electron chi connectivity index (χ1n) is 8.93. The maximum Gasteiger partial charge on any atom is 0.335 e. The third-order valence-corrected chi connectivity index (χ3v) is 10.2. The highest BCUT2D eigenvalue weighted by molar-refractivity contribution is 6.92. The molecule has 0 aromatic heterocycles. The highest BCUT2D eigenvalue weighted by Gasteiger charge is 2.33. The van der Waals surface area contributed by atoms with E-state index in [1.54, 1.807) is 6.07 Å². The Morgan fingerprint density at radius 2 is 1.45 bits per heavy atom. The van der Waals surface area contributed by atoms with Gasteiger partial charge in [0.15, 0.2) is 0 Å². The lowest BCUT2D eigenvalue weighted by atomic mass is 10.2. The first-order valence-corrected chi connectivity index (χ1v) is 11.6. The van der Waals surface area contributed by atoms with Gasteiger partial charge in [0.2, 0.25) is 0 Å². The van der Waals surface area contributed by atoms with Crippen molar-refractivity contribution in [1.29, 1.82) is 0 Å². The zero-order chi connectivity index (χ0) is 16.4. The van der Waals surface area contributed by atoms with Crippen molar-refractivity contribution in [1.82, 2.24) is 0 Å². The predicted molar refractivity (Wildman–Crippen MR) is 97.9 cm³/mol. The molecule has 2 nitrogen and oxygen atoms in total. The molecule has 0 aliphatic rings. The summed E-state index contributed by atoms with van der Waals surface area (Å²) < 4.78 is 0. The number of carboxylic acids is 1. The number of benzene rings is 1. The summed E-state index contributed by atoms with van der Waals surface area (Å²) in [6.07, 6.45) is 7.51. The van der Waals surface area contributed by atoms with Crippen LogP contribution in [0.4, 0.5) is 0 Å². The van der Waals surface area contributed by atoms with Gasteiger partial charge < -0.3 is 5.11 Å². The number of hydrogen-bond donors (Lipinski definition) is 1. The lowest BCUT2D eigenvalue weighted by Gasteiger charge is -2.33. The summed E-state index contributed by atoms with van der Waals surface area (Å²) in [5.74, 6) is -0.800. The Labute approximate surface area is 137 Å². The van der Waals surface area contributed by atoms with Crippen molar-refractivity contribution in [2.75, 3.05) is 0 Å². The predicted octanol–water partition coefficient (Wildman–Crippen LogP) is 5.44. The van der Waals surface area contributed by atoms with Crippen LogP contribution in [0.5, 0.6) is 0 Å². The van der Waals surface area contributed by atoms with Gasteiger partial charge in [-0.1, -0.05) is 94.7 Å². The Hall–Kier alpha value is -1.09. The molecule has 0 spiro atoms. The van der Waals surface area contributed by atoms with Gasteiger partial charge in [0, 0.05) is 0 Å². The SMILES string of the molecule is CCCC[Si](CCCC)(CCCC)c1cccc(C(=O)O)c1. The van der Waals surface area contributed by atoms with E-state index in [0.717, 1.165) is 0 Å². The zero-order valence-electron chi connectivity index (χ0n) is 14.5. The van der Waals surface area contributed by atoms with Crippen LogP contribution in [-0.2, 0) is 0 Å². The zero-order valence-corrected chi connectivity index (χ0v) is 15.5. The molecule has 0 heterocycles. The van der Waals surface area contributed by atoms with Gasteiger partial charge in [0.25, 0.3) is 0 Å². The molecular formula is C19H32O2Si. The number of hydrogen-bond acceptors (Lipinski definition) is 1. The highest BCUT2D eigenvalue weighted by atomic mass is 28.3. The molecule has 0 aliphatic heterocycles. The molecule has 0 fully saturated rings. The van der Waals surface area contributed by atoms with Gasteiger partial charge in [0.05, 0.1) is 13.6 Å². The molecular weight excluding hydrogens is 288 g/mol. The molecule has 1 aromatic carbocycles. The van der Waals surface area contributed by atoms with E-state index in [1.165, 1.54) is 61.8 Å². The maximum atomic E-state index is 11.3. The molecule has 1 N–H and O–H groups in total. The van der Waals surface area contributed by atoms with E-state index in [9.17, 15) is 9.90 Å². The first-order chi connectivity index (χ1) is 10.6. The molecule has 0 aliphatic carbocycles. The second-order valence-corrected chi connectivity index (χ2v) is 11.1. The largest absolute Gasteiger partial charge is 0.478 e. The minimum Gasteiger partial charge on any atom is -0.478 e. The van der Waals surface area contributed by atoms with Gasteiger partial charge in [-0.2, -0.15) is 0 Å². The van der Waals surface area contributed by atoms with Crippen LogP contribution >= 0.6 is 0 Å². The van der Waals surface area contributed by atoms with Crippen LogP contribution in [-0.4, -0.2) is 19.1 Å². The number of carbonyl (C=O) groups is 1. The van der Waals surface area contributed by atoms with Crippen molar-refractivity contribution < 1.29 is 9.90 Å². The Morgan fingerprint density at radius 1 is 0.955 bits per heavy atom. The van der Waals surface area contributed by atoms with Gasteiger partial charge in [-0.15, -0.1) is 0 Å². The first kappa shape index (κ1) is 19.0. The monoisotopic (exact) mass is 320 g/mol. The average Bonchev–Trinajstić information content (AvgIpc) is 2.54. The molecule has 0 amide bonds. The minimum atomic E-state index is -1.58. The molecule has 1 rings (SSSR count). The smallest absolute Gasteiger partial charge is 0.335 e. The average molecular weight is 321 g/mol. The van der Waals surface area contributed by atoms with Crippen molar-refractivity contribution in [2.45, 2.75) is 77.4 Å². The molecule has 1 aromatic rings. The summed E-state index contributed by atoms with van der Waals surface area (Å²) in [4.78, 5) is 11.3. The topological polar surface area (TPSA) is 37.3 Å². The second kappa shape index (κ2) is 9.83. The van der Waals surface area contributed by atoms with Gasteiger partial charge in [-0.05, 0) is 12.1 Å². The van der Waals surface area contributed by atoms with Crippen LogP contribution in [0.2, 0.25) is 18.1 Å². The molecule has 0 saturated heterocycles. The fraction of sp³-hybridized carbons (Fsp3) is 0.632. The van der Waals surface area contributed by atoms with E-state index in [0.29, 0.717) is 5.56 Å². The van der Waals surface area contributed by atoms with Crippen molar-refractivity contribution in [2.24, 2.45) is 0 Å². The molecule has 0 unspecified atom stereocenters. The molecule has 22 heavy (non-hydrogen) atoms. The van der Waals surface area contributed by atoms with E-state index in [1.807, 2.05) is 12.1 Å². The Kier molecular flexibility index (Phi) is 8.47. The number of rotatable bonds is 11. The Bertz CT molecular complexity index is 435. The normalized spacial score (nSPS) is 11.6. The van der Waals surface area contributed by atoms with Crippen molar-refractivity contribution in [3.05, 3.63) is 29.8 Å². The number of aromatic carboxylic acids is 1. The van der Waals surface area contributed by atoms with Gasteiger partial charge >= 0.3 is 5.97 Å². The van der Waals surface area contributed by atoms with Crippen LogP contribution in [0.15, 0.2) is 24.3 Å². The molecule has 0 saturated carbocycles. The second-order valence-electron chi connectivity index (χ2n) is 6.48. The Morgan fingerprint density at radius 3 is 1.86 bits per heavy atom. The van der Waals surface area contributed by atoms with Crippen LogP contribution in [0.25, 0.3) is 0 Å². The molecule has 0 radical (unpaired) electrons. The summed E-state index contributed by atoms with van der Waals surface area (Å²) in [7, 11) is -1.58. The summed E-state index contributed by atoms with van der Waals surface area (Å²) in [6, 6.07) is 11.8. The van der Waals surface area contributed by atoms with Gasteiger partial charge in [-0.25, -0.2) is 4.79 Å². The van der Waals surface area contributed by atoms with E-state index >= 15 is 0 Å². The molecule has 124 valence electrons. The fourth-order valence-corrected chi connectivity index (χ4v) is 8.95. The third kappa shape index (κ3) is 5.27.